The fourth-order valence-electron chi connectivity index (χ4n) is 1.52. The molecule has 0 fully saturated rings. The lowest BCUT2D eigenvalue weighted by molar-refractivity contribution is 0.00191. The maximum Gasteiger partial charge on any atom is 0.343 e. The summed E-state index contributed by atoms with van der Waals surface area (Å²) in [6.07, 6.45) is 1.35. The lowest BCUT2D eigenvalue weighted by Gasteiger charge is -2.22. The van der Waals surface area contributed by atoms with Crippen LogP contribution in [-0.4, -0.2) is 28.1 Å². The highest BCUT2D eigenvalue weighted by Crippen LogP contribution is 2.22. The van der Waals surface area contributed by atoms with E-state index < -0.39 is 23.1 Å². The monoisotopic (exact) mass is 294 g/mol. The first kappa shape index (κ1) is 16.9. The van der Waals surface area contributed by atoms with Crippen LogP contribution in [0.3, 0.4) is 0 Å². The van der Waals surface area contributed by atoms with Crippen LogP contribution >= 0.6 is 0 Å². The third-order valence-corrected chi connectivity index (χ3v) is 2.20. The molecule has 116 valence electrons. The number of nitrogens with two attached hydrogens (primary N) is 1. The molecule has 0 aliphatic rings. The van der Waals surface area contributed by atoms with Crippen LogP contribution in [-0.2, 0) is 9.47 Å². The van der Waals surface area contributed by atoms with Gasteiger partial charge in [0.15, 0.2) is 0 Å². The van der Waals surface area contributed by atoms with Gasteiger partial charge in [-0.15, -0.1) is 0 Å². The topological polar surface area (TPSA) is 91.5 Å². The van der Waals surface area contributed by atoms with Crippen LogP contribution in [0.4, 0.5) is 5.82 Å². The van der Waals surface area contributed by atoms with Crippen molar-refractivity contribution in [2.75, 3.05) is 5.73 Å². The third kappa shape index (κ3) is 5.06. The molecular weight excluding hydrogens is 272 g/mol. The molecule has 21 heavy (non-hydrogen) atoms. The van der Waals surface area contributed by atoms with E-state index in [1.165, 1.54) is 12.3 Å². The zero-order chi connectivity index (χ0) is 16.4. The van der Waals surface area contributed by atoms with E-state index in [0.717, 1.165) is 0 Å². The predicted molar refractivity (Wildman–Crippen MR) is 79.0 cm³/mol. The Morgan fingerprint density at radius 1 is 1.00 bits per heavy atom. The third-order valence-electron chi connectivity index (χ3n) is 2.20. The SMILES string of the molecule is CC(C)(C)OC(=O)c1ccnc(N)c1C(=O)OC(C)(C)C. The summed E-state index contributed by atoms with van der Waals surface area (Å²) < 4.78 is 10.5. The molecule has 0 bridgehead atoms. The fraction of sp³-hybridized carbons (Fsp3) is 0.533. The summed E-state index contributed by atoms with van der Waals surface area (Å²) in [6, 6.07) is 1.39. The Morgan fingerprint density at radius 2 is 1.48 bits per heavy atom. The summed E-state index contributed by atoms with van der Waals surface area (Å²) in [7, 11) is 0. The maximum atomic E-state index is 12.2. The van der Waals surface area contributed by atoms with Gasteiger partial charge in [-0.3, -0.25) is 0 Å². The van der Waals surface area contributed by atoms with Crippen LogP contribution in [0, 0.1) is 0 Å². The lowest BCUT2D eigenvalue weighted by atomic mass is 10.1. The first-order valence-corrected chi connectivity index (χ1v) is 6.62. The largest absolute Gasteiger partial charge is 0.456 e. The highest BCUT2D eigenvalue weighted by atomic mass is 16.6. The molecule has 0 unspecified atom stereocenters. The molecule has 0 saturated carbocycles. The number of nitrogens with zero attached hydrogens (tertiary/aromatic N) is 1. The Kier molecular flexibility index (Phi) is 4.61. The van der Waals surface area contributed by atoms with Gasteiger partial charge in [0.25, 0.3) is 0 Å². The lowest BCUT2D eigenvalue weighted by Crippen LogP contribution is -2.28. The second-order valence-corrected chi connectivity index (χ2v) is 6.62. The standard InChI is InChI=1S/C15H22N2O4/c1-14(2,3)20-12(18)9-7-8-17-11(16)10(9)13(19)21-15(4,5)6/h7-8H,1-6H3,(H2,16,17). The fourth-order valence-corrected chi connectivity index (χ4v) is 1.52. The van der Waals surface area contributed by atoms with Gasteiger partial charge in [-0.2, -0.15) is 0 Å². The molecule has 6 nitrogen and oxygen atoms in total. The van der Waals surface area contributed by atoms with E-state index in [4.69, 9.17) is 15.2 Å². The Balaban J connectivity index is 3.21. The Labute approximate surface area is 124 Å². The predicted octanol–water partition coefficient (Wildman–Crippen LogP) is 2.57. The second kappa shape index (κ2) is 5.71. The molecule has 0 spiro atoms. The van der Waals surface area contributed by atoms with Gasteiger partial charge in [0, 0.05) is 6.20 Å². The first-order chi connectivity index (χ1) is 9.41. The van der Waals surface area contributed by atoms with E-state index in [0.29, 0.717) is 0 Å². The quantitative estimate of drug-likeness (QED) is 0.843. The van der Waals surface area contributed by atoms with Crippen molar-refractivity contribution in [3.8, 4) is 0 Å². The van der Waals surface area contributed by atoms with Crippen molar-refractivity contribution >= 4 is 17.8 Å². The number of ether oxygens (including phenoxy) is 2. The van der Waals surface area contributed by atoms with Gasteiger partial charge in [-0.25, -0.2) is 14.6 Å². The molecule has 0 aliphatic carbocycles. The van der Waals surface area contributed by atoms with Gasteiger partial charge in [0.2, 0.25) is 0 Å². The summed E-state index contributed by atoms with van der Waals surface area (Å²) >= 11 is 0. The molecule has 1 aromatic heterocycles. The van der Waals surface area contributed by atoms with Crippen LogP contribution in [0.1, 0.15) is 62.3 Å². The van der Waals surface area contributed by atoms with E-state index in [1.54, 1.807) is 41.5 Å². The Bertz CT molecular complexity index is 554. The molecule has 0 aliphatic heterocycles. The molecule has 1 rings (SSSR count). The van der Waals surface area contributed by atoms with Gasteiger partial charge in [0.05, 0.1) is 5.56 Å². The van der Waals surface area contributed by atoms with Crippen molar-refractivity contribution in [2.24, 2.45) is 0 Å². The number of aromatic nitrogens is 1. The first-order valence-electron chi connectivity index (χ1n) is 6.62. The van der Waals surface area contributed by atoms with E-state index >= 15 is 0 Å². The van der Waals surface area contributed by atoms with E-state index in [9.17, 15) is 9.59 Å². The van der Waals surface area contributed by atoms with Crippen LogP contribution in [0.2, 0.25) is 0 Å². The maximum absolute atomic E-state index is 12.2. The highest BCUT2D eigenvalue weighted by Gasteiger charge is 2.28. The molecule has 1 aromatic rings. The van der Waals surface area contributed by atoms with E-state index in [2.05, 4.69) is 4.98 Å². The van der Waals surface area contributed by atoms with Gasteiger partial charge in [0.1, 0.15) is 22.6 Å². The number of hydrogen-bond acceptors (Lipinski definition) is 6. The molecule has 0 aromatic carbocycles. The zero-order valence-corrected chi connectivity index (χ0v) is 13.3. The average molecular weight is 294 g/mol. The van der Waals surface area contributed by atoms with Gasteiger partial charge in [-0.1, -0.05) is 0 Å². The van der Waals surface area contributed by atoms with E-state index in [-0.39, 0.29) is 16.9 Å². The molecule has 0 saturated heterocycles. The number of anilines is 1. The Hall–Kier alpha value is -2.11. The van der Waals surface area contributed by atoms with Crippen LogP contribution < -0.4 is 5.73 Å². The Morgan fingerprint density at radius 3 is 1.95 bits per heavy atom. The molecule has 1 heterocycles. The smallest absolute Gasteiger partial charge is 0.343 e. The highest BCUT2D eigenvalue weighted by molar-refractivity contribution is 6.06. The van der Waals surface area contributed by atoms with Crippen molar-refractivity contribution in [3.05, 3.63) is 23.4 Å². The molecule has 0 radical (unpaired) electrons. The second-order valence-electron chi connectivity index (χ2n) is 6.62. The van der Waals surface area contributed by atoms with Crippen LogP contribution in [0.15, 0.2) is 12.3 Å². The number of carbonyl (C=O) groups excluding carboxylic acids is 2. The summed E-state index contributed by atoms with van der Waals surface area (Å²) in [6.45, 7) is 10.4. The molecular formula is C15H22N2O4. The number of carbonyl (C=O) groups is 2. The van der Waals surface area contributed by atoms with Gasteiger partial charge in [-0.05, 0) is 47.6 Å². The number of nitrogen functional groups attached to an aromatic ring is 1. The average Bonchev–Trinajstić information content (AvgIpc) is 2.23. The van der Waals surface area contributed by atoms with Crippen molar-refractivity contribution in [3.63, 3.8) is 0 Å². The van der Waals surface area contributed by atoms with Crippen molar-refractivity contribution in [2.45, 2.75) is 52.7 Å². The summed E-state index contributed by atoms with van der Waals surface area (Å²) in [5, 5.41) is 0. The zero-order valence-electron chi connectivity index (χ0n) is 13.3. The molecule has 0 atom stereocenters. The molecule has 6 heteroatoms. The van der Waals surface area contributed by atoms with Crippen molar-refractivity contribution < 1.29 is 19.1 Å². The summed E-state index contributed by atoms with van der Waals surface area (Å²) in [5.41, 5.74) is 4.32. The molecule has 0 amide bonds. The minimum absolute atomic E-state index is 0.0478. The number of rotatable bonds is 2. The number of pyridine rings is 1. The summed E-state index contributed by atoms with van der Waals surface area (Å²) in [4.78, 5) is 28.3. The van der Waals surface area contributed by atoms with Crippen molar-refractivity contribution in [1.82, 2.24) is 4.98 Å². The summed E-state index contributed by atoms with van der Waals surface area (Å²) in [5.74, 6) is -1.40. The normalized spacial score (nSPS) is 11.9. The van der Waals surface area contributed by atoms with Gasteiger partial charge < -0.3 is 15.2 Å². The van der Waals surface area contributed by atoms with Crippen molar-refractivity contribution in [1.29, 1.82) is 0 Å². The minimum atomic E-state index is -0.704. The van der Waals surface area contributed by atoms with Gasteiger partial charge >= 0.3 is 11.9 Å². The number of esters is 2. The van der Waals surface area contributed by atoms with E-state index in [1.807, 2.05) is 0 Å². The van der Waals surface area contributed by atoms with Crippen LogP contribution in [0.25, 0.3) is 0 Å². The minimum Gasteiger partial charge on any atom is -0.456 e. The number of hydrogen-bond donors (Lipinski definition) is 1. The molecule has 2 N–H and O–H groups in total. The van der Waals surface area contributed by atoms with Crippen LogP contribution in [0.5, 0.6) is 0 Å².